The molecule has 2 heterocycles. The van der Waals surface area contributed by atoms with Gasteiger partial charge < -0.3 is 10.5 Å². The lowest BCUT2D eigenvalue weighted by atomic mass is 9.85. The SMILES string of the molecule is Cn1c2c(c(=O)n(C)c1=O)[C@@H](c1ccc(F)cc1)C(C#N)=C(N)O2. The van der Waals surface area contributed by atoms with E-state index in [9.17, 15) is 19.2 Å². The molecule has 1 aliphatic heterocycles. The fraction of sp³-hybridized carbons (Fsp3) is 0.188. The van der Waals surface area contributed by atoms with Crippen LogP contribution in [0.2, 0.25) is 0 Å². The van der Waals surface area contributed by atoms with Crippen LogP contribution in [-0.2, 0) is 14.1 Å². The molecule has 0 spiro atoms. The summed E-state index contributed by atoms with van der Waals surface area (Å²) in [6.07, 6.45) is 0. The van der Waals surface area contributed by atoms with Gasteiger partial charge in [-0.05, 0) is 17.7 Å². The molecule has 0 saturated heterocycles. The Morgan fingerprint density at radius 3 is 2.42 bits per heavy atom. The van der Waals surface area contributed by atoms with Crippen LogP contribution in [-0.4, -0.2) is 9.13 Å². The Morgan fingerprint density at radius 2 is 1.83 bits per heavy atom. The Bertz CT molecular complexity index is 1030. The third-order valence-corrected chi connectivity index (χ3v) is 4.02. The maximum atomic E-state index is 13.2. The molecule has 122 valence electrons. The number of hydrogen-bond acceptors (Lipinski definition) is 5. The lowest BCUT2D eigenvalue weighted by Gasteiger charge is -2.27. The van der Waals surface area contributed by atoms with Crippen LogP contribution in [0.1, 0.15) is 17.0 Å². The van der Waals surface area contributed by atoms with Crippen molar-refractivity contribution >= 4 is 0 Å². The first-order valence-electron chi connectivity index (χ1n) is 6.99. The number of aromatic nitrogens is 2. The van der Waals surface area contributed by atoms with Crippen LogP contribution >= 0.6 is 0 Å². The van der Waals surface area contributed by atoms with Crippen LogP contribution in [0.3, 0.4) is 0 Å². The number of nitrogens with two attached hydrogens (primary N) is 1. The van der Waals surface area contributed by atoms with Gasteiger partial charge in [-0.1, -0.05) is 12.1 Å². The van der Waals surface area contributed by atoms with Crippen LogP contribution in [0.25, 0.3) is 0 Å². The number of nitrogens with zero attached hydrogens (tertiary/aromatic N) is 3. The summed E-state index contributed by atoms with van der Waals surface area (Å²) in [5.74, 6) is -1.50. The second kappa shape index (κ2) is 5.38. The number of halogens is 1. The van der Waals surface area contributed by atoms with Crippen molar-refractivity contribution in [2.45, 2.75) is 5.92 Å². The minimum absolute atomic E-state index is 0.0195. The average Bonchev–Trinajstić information content (AvgIpc) is 2.57. The van der Waals surface area contributed by atoms with E-state index in [0.717, 1.165) is 9.13 Å². The van der Waals surface area contributed by atoms with Gasteiger partial charge in [0.25, 0.3) is 5.56 Å². The smallest absolute Gasteiger partial charge is 0.333 e. The molecule has 3 rings (SSSR count). The van der Waals surface area contributed by atoms with Gasteiger partial charge in [0, 0.05) is 14.1 Å². The molecule has 7 nitrogen and oxygen atoms in total. The van der Waals surface area contributed by atoms with E-state index in [4.69, 9.17) is 10.5 Å². The van der Waals surface area contributed by atoms with Crippen molar-refractivity contribution in [3.8, 4) is 11.9 Å². The van der Waals surface area contributed by atoms with E-state index in [0.29, 0.717) is 5.56 Å². The third-order valence-electron chi connectivity index (χ3n) is 4.02. The Morgan fingerprint density at radius 1 is 1.21 bits per heavy atom. The second-order valence-electron chi connectivity index (χ2n) is 5.40. The minimum atomic E-state index is -0.843. The number of rotatable bonds is 1. The first kappa shape index (κ1) is 15.6. The molecule has 0 aliphatic carbocycles. The van der Waals surface area contributed by atoms with Gasteiger partial charge in [-0.25, -0.2) is 9.18 Å². The van der Waals surface area contributed by atoms with Crippen molar-refractivity contribution in [2.24, 2.45) is 19.8 Å². The zero-order chi connectivity index (χ0) is 17.6. The van der Waals surface area contributed by atoms with Gasteiger partial charge in [0.05, 0.1) is 11.5 Å². The molecule has 0 bridgehead atoms. The number of hydrogen-bond donors (Lipinski definition) is 1. The van der Waals surface area contributed by atoms with Crippen LogP contribution < -0.4 is 21.7 Å². The maximum Gasteiger partial charge on any atom is 0.333 e. The van der Waals surface area contributed by atoms with E-state index in [2.05, 4.69) is 0 Å². The number of nitriles is 1. The van der Waals surface area contributed by atoms with Crippen LogP contribution in [0.15, 0.2) is 45.3 Å². The number of benzene rings is 1. The highest BCUT2D eigenvalue weighted by molar-refractivity contribution is 5.52. The lowest BCUT2D eigenvalue weighted by molar-refractivity contribution is 0.348. The van der Waals surface area contributed by atoms with Crippen molar-refractivity contribution in [3.63, 3.8) is 0 Å². The van der Waals surface area contributed by atoms with Crippen LogP contribution in [0.5, 0.6) is 5.88 Å². The van der Waals surface area contributed by atoms with Gasteiger partial charge >= 0.3 is 5.69 Å². The Labute approximate surface area is 135 Å². The van der Waals surface area contributed by atoms with Crippen LogP contribution in [0.4, 0.5) is 4.39 Å². The third kappa shape index (κ3) is 2.10. The van der Waals surface area contributed by atoms with Gasteiger partial charge in [0.15, 0.2) is 0 Å². The molecular weight excluding hydrogens is 315 g/mol. The van der Waals surface area contributed by atoms with E-state index < -0.39 is 23.0 Å². The molecule has 0 saturated carbocycles. The summed E-state index contributed by atoms with van der Waals surface area (Å²) in [7, 11) is 2.77. The second-order valence-corrected chi connectivity index (χ2v) is 5.40. The summed E-state index contributed by atoms with van der Waals surface area (Å²) < 4.78 is 20.7. The first-order chi connectivity index (χ1) is 11.4. The number of ether oxygens (including phenoxy) is 1. The molecule has 0 unspecified atom stereocenters. The molecule has 1 atom stereocenters. The Balaban J connectivity index is 2.41. The highest BCUT2D eigenvalue weighted by Crippen LogP contribution is 2.39. The maximum absolute atomic E-state index is 13.2. The molecule has 1 aliphatic rings. The molecule has 2 aromatic rings. The highest BCUT2D eigenvalue weighted by atomic mass is 19.1. The van der Waals surface area contributed by atoms with E-state index in [-0.39, 0.29) is 22.9 Å². The summed E-state index contributed by atoms with van der Waals surface area (Å²) in [5, 5.41) is 9.44. The van der Waals surface area contributed by atoms with Crippen molar-refractivity contribution in [1.29, 1.82) is 5.26 Å². The summed E-state index contributed by atoms with van der Waals surface area (Å²) in [4.78, 5) is 24.7. The number of fused-ring (bicyclic) bond motifs is 1. The normalized spacial score (nSPS) is 16.3. The van der Waals surface area contributed by atoms with E-state index in [1.54, 1.807) is 0 Å². The number of allylic oxidation sites excluding steroid dienone is 1. The van der Waals surface area contributed by atoms with Crippen molar-refractivity contribution in [1.82, 2.24) is 9.13 Å². The van der Waals surface area contributed by atoms with E-state index in [1.807, 2.05) is 6.07 Å². The molecular formula is C16H13FN4O3. The summed E-state index contributed by atoms with van der Waals surface area (Å²) in [6, 6.07) is 7.31. The fourth-order valence-corrected chi connectivity index (χ4v) is 2.78. The summed E-state index contributed by atoms with van der Waals surface area (Å²) in [5.41, 5.74) is 5.27. The lowest BCUT2D eigenvalue weighted by Crippen LogP contribution is -2.42. The average molecular weight is 328 g/mol. The van der Waals surface area contributed by atoms with Crippen molar-refractivity contribution < 1.29 is 9.13 Å². The predicted octanol–water partition coefficient (Wildman–Crippen LogP) is 0.441. The highest BCUT2D eigenvalue weighted by Gasteiger charge is 2.35. The van der Waals surface area contributed by atoms with Crippen molar-refractivity contribution in [3.05, 3.63) is 73.5 Å². The molecule has 1 aromatic heterocycles. The zero-order valence-corrected chi connectivity index (χ0v) is 12.9. The van der Waals surface area contributed by atoms with Crippen LogP contribution in [0, 0.1) is 17.1 Å². The molecule has 0 radical (unpaired) electrons. The molecule has 0 fully saturated rings. The fourth-order valence-electron chi connectivity index (χ4n) is 2.78. The zero-order valence-electron chi connectivity index (χ0n) is 12.9. The molecule has 0 amide bonds. The minimum Gasteiger partial charge on any atom is -0.423 e. The summed E-state index contributed by atoms with van der Waals surface area (Å²) >= 11 is 0. The summed E-state index contributed by atoms with van der Waals surface area (Å²) in [6.45, 7) is 0. The van der Waals surface area contributed by atoms with Crippen molar-refractivity contribution in [2.75, 3.05) is 0 Å². The quantitative estimate of drug-likeness (QED) is 0.818. The molecule has 8 heteroatoms. The monoisotopic (exact) mass is 328 g/mol. The Hall–Kier alpha value is -3.34. The first-order valence-corrected chi connectivity index (χ1v) is 6.99. The molecule has 2 N–H and O–H groups in total. The molecule has 1 aromatic carbocycles. The van der Waals surface area contributed by atoms with E-state index in [1.165, 1.54) is 38.4 Å². The van der Waals surface area contributed by atoms with Gasteiger partial charge in [0.2, 0.25) is 11.8 Å². The van der Waals surface area contributed by atoms with E-state index >= 15 is 0 Å². The topological polar surface area (TPSA) is 103 Å². The van der Waals surface area contributed by atoms with Gasteiger partial charge in [-0.15, -0.1) is 0 Å². The standard InChI is InChI=1S/C16H13FN4O3/c1-20-14(22)12-11(8-3-5-9(17)6-4-8)10(7-18)13(19)24-15(12)21(2)16(20)23/h3-6,11H,19H2,1-2H3/t11-/m0/s1. The van der Waals surface area contributed by atoms with Gasteiger partial charge in [0.1, 0.15) is 17.5 Å². The predicted molar refractivity (Wildman–Crippen MR) is 82.6 cm³/mol. The van der Waals surface area contributed by atoms with Gasteiger partial charge in [-0.3, -0.25) is 13.9 Å². The largest absolute Gasteiger partial charge is 0.423 e. The molecule has 24 heavy (non-hydrogen) atoms. The Kier molecular flexibility index (Phi) is 3.49. The van der Waals surface area contributed by atoms with Gasteiger partial charge in [-0.2, -0.15) is 5.26 Å².